The number of halogens is 1. The normalized spacial score (nSPS) is 19.3. The number of nitrogens with one attached hydrogen (secondary N) is 1. The predicted molar refractivity (Wildman–Crippen MR) is 132 cm³/mol. The van der Waals surface area contributed by atoms with Crippen LogP contribution >= 0.6 is 0 Å². The number of piperidine rings is 2. The fraction of sp³-hybridized carbons (Fsp3) is 0.444. The van der Waals surface area contributed by atoms with Crippen molar-refractivity contribution in [3.8, 4) is 0 Å². The van der Waals surface area contributed by atoms with Crippen LogP contribution in [-0.4, -0.2) is 60.2 Å². The van der Waals surface area contributed by atoms with Crippen molar-refractivity contribution in [2.75, 3.05) is 38.0 Å². The number of nitrogens with two attached hydrogens (primary N) is 1. The summed E-state index contributed by atoms with van der Waals surface area (Å²) in [7, 11) is 0. The third-order valence-corrected chi connectivity index (χ3v) is 7.10. The summed E-state index contributed by atoms with van der Waals surface area (Å²) in [4.78, 5) is 41.0. The van der Waals surface area contributed by atoms with E-state index in [1.165, 1.54) is 29.8 Å². The van der Waals surface area contributed by atoms with E-state index in [0.29, 0.717) is 18.7 Å². The Labute approximate surface area is 205 Å². The third-order valence-electron chi connectivity index (χ3n) is 7.10. The molecule has 2 saturated heterocycles. The number of carbonyl (C=O) groups is 3. The number of nitrogens with zero attached hydrogens (tertiary/aromatic N) is 2. The van der Waals surface area contributed by atoms with Gasteiger partial charge in [0, 0.05) is 36.8 Å². The molecule has 0 aromatic heterocycles. The fourth-order valence-corrected chi connectivity index (χ4v) is 4.88. The molecule has 7 nitrogen and oxygen atoms in total. The molecule has 2 aliphatic heterocycles. The zero-order valence-electron chi connectivity index (χ0n) is 19.9. The van der Waals surface area contributed by atoms with E-state index in [2.05, 4.69) is 10.2 Å². The Balaban J connectivity index is 1.24. The smallest absolute Gasteiger partial charge is 0.253 e. The Bertz CT molecular complexity index is 1030. The average Bonchev–Trinajstić information content (AvgIpc) is 2.88. The first-order chi connectivity index (χ1) is 16.9. The largest absolute Gasteiger partial charge is 0.369 e. The minimum Gasteiger partial charge on any atom is -0.369 e. The zero-order chi connectivity index (χ0) is 24.8. The number of anilines is 1. The van der Waals surface area contributed by atoms with E-state index in [9.17, 15) is 18.8 Å². The summed E-state index contributed by atoms with van der Waals surface area (Å²) < 4.78 is 13.2. The maximum atomic E-state index is 13.2. The van der Waals surface area contributed by atoms with Crippen molar-refractivity contribution in [3.63, 3.8) is 0 Å². The van der Waals surface area contributed by atoms with E-state index in [-0.39, 0.29) is 35.4 Å². The quantitative estimate of drug-likeness (QED) is 0.637. The van der Waals surface area contributed by atoms with Crippen LogP contribution in [0.3, 0.4) is 0 Å². The van der Waals surface area contributed by atoms with Gasteiger partial charge in [-0.1, -0.05) is 12.1 Å². The molecule has 2 aromatic carbocycles. The molecule has 0 spiro atoms. The monoisotopic (exact) mass is 480 g/mol. The van der Waals surface area contributed by atoms with E-state index in [4.69, 9.17) is 5.73 Å². The highest BCUT2D eigenvalue weighted by Crippen LogP contribution is 2.22. The van der Waals surface area contributed by atoms with Crippen molar-refractivity contribution < 1.29 is 18.8 Å². The molecule has 186 valence electrons. The zero-order valence-corrected chi connectivity index (χ0v) is 19.9. The number of hydrogen-bond donors (Lipinski definition) is 2. The predicted octanol–water partition coefficient (Wildman–Crippen LogP) is 3.06. The van der Waals surface area contributed by atoms with Gasteiger partial charge in [-0.05, 0) is 87.2 Å². The van der Waals surface area contributed by atoms with Crippen LogP contribution in [0.5, 0.6) is 0 Å². The van der Waals surface area contributed by atoms with Crippen molar-refractivity contribution >= 4 is 23.4 Å². The summed E-state index contributed by atoms with van der Waals surface area (Å²) in [5.41, 5.74) is 7.76. The standard InChI is InChI=1S/C27H33FN4O3/c28-23-7-5-21(6-8-23)27(35)32-14-1-2-22(18-32)26(34)30-24-9-3-19(4-10-24)11-15-31-16-12-20(13-17-31)25(29)33/h3-10,20,22H,1-2,11-18H2,(H2,29,33)(H,30,34). The minimum atomic E-state index is -0.381. The van der Waals surface area contributed by atoms with Crippen LogP contribution in [0.2, 0.25) is 0 Å². The maximum Gasteiger partial charge on any atom is 0.253 e. The SMILES string of the molecule is NC(=O)C1CCN(CCc2ccc(NC(=O)C3CCCN(C(=O)c4ccc(F)cc4)C3)cc2)CC1. The number of primary amides is 1. The molecule has 2 heterocycles. The Morgan fingerprint density at radius 2 is 1.60 bits per heavy atom. The lowest BCUT2D eigenvalue weighted by Crippen LogP contribution is -2.43. The minimum absolute atomic E-state index is 0.00595. The lowest BCUT2D eigenvalue weighted by Gasteiger charge is -2.32. The van der Waals surface area contributed by atoms with Gasteiger partial charge in [-0.15, -0.1) is 0 Å². The van der Waals surface area contributed by atoms with Gasteiger partial charge in [0.2, 0.25) is 11.8 Å². The summed E-state index contributed by atoms with van der Waals surface area (Å²) >= 11 is 0. The molecule has 4 rings (SSSR count). The van der Waals surface area contributed by atoms with Crippen LogP contribution in [0, 0.1) is 17.7 Å². The Kier molecular flexibility index (Phi) is 8.13. The number of rotatable bonds is 7. The first-order valence-electron chi connectivity index (χ1n) is 12.4. The number of hydrogen-bond acceptors (Lipinski definition) is 4. The number of likely N-dealkylation sites (tertiary alicyclic amines) is 2. The van der Waals surface area contributed by atoms with Crippen LogP contribution in [-0.2, 0) is 16.0 Å². The summed E-state index contributed by atoms with van der Waals surface area (Å²) in [5.74, 6) is -1.11. The summed E-state index contributed by atoms with van der Waals surface area (Å²) in [6, 6.07) is 13.4. The second kappa shape index (κ2) is 11.4. The van der Waals surface area contributed by atoms with E-state index in [1.807, 2.05) is 24.3 Å². The number of carbonyl (C=O) groups excluding carboxylic acids is 3. The molecule has 0 radical (unpaired) electrons. The van der Waals surface area contributed by atoms with Gasteiger partial charge in [0.05, 0.1) is 5.92 Å². The van der Waals surface area contributed by atoms with E-state index < -0.39 is 0 Å². The Morgan fingerprint density at radius 1 is 0.914 bits per heavy atom. The van der Waals surface area contributed by atoms with E-state index in [0.717, 1.165) is 57.4 Å². The Hall–Kier alpha value is -3.26. The molecule has 0 bridgehead atoms. The van der Waals surface area contributed by atoms with Gasteiger partial charge in [0.25, 0.3) is 5.91 Å². The highest BCUT2D eigenvalue weighted by Gasteiger charge is 2.29. The first kappa shape index (κ1) is 24.9. The van der Waals surface area contributed by atoms with Crippen molar-refractivity contribution in [1.82, 2.24) is 9.80 Å². The van der Waals surface area contributed by atoms with Crippen molar-refractivity contribution in [3.05, 3.63) is 65.5 Å². The topological polar surface area (TPSA) is 95.7 Å². The maximum absolute atomic E-state index is 13.2. The second-order valence-corrected chi connectivity index (χ2v) is 9.55. The van der Waals surface area contributed by atoms with E-state index >= 15 is 0 Å². The molecule has 0 saturated carbocycles. The number of benzene rings is 2. The molecule has 2 aliphatic rings. The van der Waals surface area contributed by atoms with Gasteiger partial charge in [-0.25, -0.2) is 4.39 Å². The van der Waals surface area contributed by atoms with E-state index in [1.54, 1.807) is 4.90 Å². The van der Waals surface area contributed by atoms with Crippen LogP contribution in [0.1, 0.15) is 41.6 Å². The highest BCUT2D eigenvalue weighted by molar-refractivity contribution is 5.96. The summed E-state index contributed by atoms with van der Waals surface area (Å²) in [6.07, 6.45) is 4.03. The van der Waals surface area contributed by atoms with Crippen LogP contribution in [0.4, 0.5) is 10.1 Å². The van der Waals surface area contributed by atoms with Crippen LogP contribution < -0.4 is 11.1 Å². The number of amides is 3. The average molecular weight is 481 g/mol. The summed E-state index contributed by atoms with van der Waals surface area (Å²) in [5, 5.41) is 2.99. The molecular formula is C27H33FN4O3. The van der Waals surface area contributed by atoms with Crippen molar-refractivity contribution in [2.45, 2.75) is 32.1 Å². The molecule has 0 aliphatic carbocycles. The van der Waals surface area contributed by atoms with Crippen LogP contribution in [0.25, 0.3) is 0 Å². The molecule has 3 amide bonds. The molecule has 1 atom stereocenters. The van der Waals surface area contributed by atoms with Gasteiger partial charge in [0.1, 0.15) is 5.82 Å². The molecule has 8 heteroatoms. The van der Waals surface area contributed by atoms with Crippen molar-refractivity contribution in [1.29, 1.82) is 0 Å². The first-order valence-corrected chi connectivity index (χ1v) is 12.4. The van der Waals surface area contributed by atoms with Gasteiger partial charge < -0.3 is 20.9 Å². The third kappa shape index (κ3) is 6.66. The van der Waals surface area contributed by atoms with Gasteiger partial charge in [-0.3, -0.25) is 14.4 Å². The molecule has 2 aromatic rings. The summed E-state index contributed by atoms with van der Waals surface area (Å²) in [6.45, 7) is 3.66. The molecule has 3 N–H and O–H groups in total. The highest BCUT2D eigenvalue weighted by atomic mass is 19.1. The second-order valence-electron chi connectivity index (χ2n) is 9.55. The lowest BCUT2D eigenvalue weighted by molar-refractivity contribution is -0.123. The molecule has 35 heavy (non-hydrogen) atoms. The van der Waals surface area contributed by atoms with Gasteiger partial charge in [0.15, 0.2) is 0 Å². The van der Waals surface area contributed by atoms with Gasteiger partial charge >= 0.3 is 0 Å². The van der Waals surface area contributed by atoms with Crippen LogP contribution in [0.15, 0.2) is 48.5 Å². The lowest BCUT2D eigenvalue weighted by atomic mass is 9.96. The molecule has 1 unspecified atom stereocenters. The Morgan fingerprint density at radius 3 is 2.26 bits per heavy atom. The fourth-order valence-electron chi connectivity index (χ4n) is 4.88. The van der Waals surface area contributed by atoms with Gasteiger partial charge in [-0.2, -0.15) is 0 Å². The van der Waals surface area contributed by atoms with Crippen molar-refractivity contribution in [2.24, 2.45) is 17.6 Å². The molecular weight excluding hydrogens is 447 g/mol. The molecule has 2 fully saturated rings.